The Hall–Kier alpha value is -1.03. The maximum absolute atomic E-state index is 12.5. The molecule has 2 N–H and O–H groups in total. The second-order valence-corrected chi connectivity index (χ2v) is 6.96. The highest BCUT2D eigenvalue weighted by molar-refractivity contribution is 9.10. The largest absolute Gasteiger partial charge is 0.398 e. The number of nitrogens with two attached hydrogens (primary N) is 1. The summed E-state index contributed by atoms with van der Waals surface area (Å²) in [6.07, 6.45) is 6.45. The van der Waals surface area contributed by atoms with Crippen molar-refractivity contribution >= 4 is 33.2 Å². The van der Waals surface area contributed by atoms with Gasteiger partial charge >= 0.3 is 0 Å². The molecule has 0 spiro atoms. The fraction of sp³-hybridized carbons (Fsp3) is 0.562. The Balaban J connectivity index is 1.89. The first-order chi connectivity index (χ1) is 9.58. The zero-order chi connectivity index (χ0) is 14.3. The number of halogens is 1. The molecule has 1 aromatic carbocycles. The van der Waals surface area contributed by atoms with E-state index in [1.807, 2.05) is 24.0 Å². The SMILES string of the molecule is CC1C(=O)N(CC2CCCCC2)c2cc(N)c(Br)cc21. The summed E-state index contributed by atoms with van der Waals surface area (Å²) in [4.78, 5) is 14.5. The van der Waals surface area contributed by atoms with E-state index in [0.717, 1.165) is 22.3 Å². The highest BCUT2D eigenvalue weighted by Crippen LogP contribution is 2.42. The van der Waals surface area contributed by atoms with Crippen molar-refractivity contribution in [1.29, 1.82) is 0 Å². The fourth-order valence-corrected chi connectivity index (χ4v) is 3.84. The third kappa shape index (κ3) is 2.34. The van der Waals surface area contributed by atoms with Crippen molar-refractivity contribution in [1.82, 2.24) is 0 Å². The van der Waals surface area contributed by atoms with Crippen molar-refractivity contribution < 1.29 is 4.79 Å². The van der Waals surface area contributed by atoms with Crippen LogP contribution < -0.4 is 10.6 Å². The zero-order valence-electron chi connectivity index (χ0n) is 11.9. The van der Waals surface area contributed by atoms with Crippen molar-refractivity contribution in [2.45, 2.75) is 44.9 Å². The second-order valence-electron chi connectivity index (χ2n) is 6.11. The maximum atomic E-state index is 12.5. The lowest BCUT2D eigenvalue weighted by molar-refractivity contribution is -0.119. The number of rotatable bonds is 2. The van der Waals surface area contributed by atoms with E-state index >= 15 is 0 Å². The third-order valence-electron chi connectivity index (χ3n) is 4.71. The number of benzene rings is 1. The molecule has 108 valence electrons. The third-order valence-corrected chi connectivity index (χ3v) is 5.39. The summed E-state index contributed by atoms with van der Waals surface area (Å²) < 4.78 is 0.885. The molecule has 0 aromatic heterocycles. The summed E-state index contributed by atoms with van der Waals surface area (Å²) in [6.45, 7) is 2.85. The Morgan fingerprint density at radius 1 is 1.30 bits per heavy atom. The number of anilines is 2. The highest BCUT2D eigenvalue weighted by atomic mass is 79.9. The van der Waals surface area contributed by atoms with Gasteiger partial charge in [0, 0.05) is 22.4 Å². The van der Waals surface area contributed by atoms with Gasteiger partial charge in [0.25, 0.3) is 0 Å². The van der Waals surface area contributed by atoms with Gasteiger partial charge < -0.3 is 10.6 Å². The van der Waals surface area contributed by atoms with Gasteiger partial charge in [-0.05, 0) is 59.3 Å². The minimum atomic E-state index is -0.0505. The second kappa shape index (κ2) is 5.40. The summed E-state index contributed by atoms with van der Waals surface area (Å²) in [5.74, 6) is 0.823. The summed E-state index contributed by atoms with van der Waals surface area (Å²) in [6, 6.07) is 3.96. The van der Waals surface area contributed by atoms with E-state index in [4.69, 9.17) is 5.73 Å². The smallest absolute Gasteiger partial charge is 0.234 e. The van der Waals surface area contributed by atoms with Crippen molar-refractivity contribution in [2.75, 3.05) is 17.2 Å². The standard InChI is InChI=1S/C16H21BrN2O/c1-10-12-7-13(17)14(18)8-15(12)19(16(10)20)9-11-5-3-2-4-6-11/h7-8,10-11H,2-6,9,18H2,1H3. The number of carbonyl (C=O) groups is 1. The summed E-state index contributed by atoms with van der Waals surface area (Å²) in [5.41, 5.74) is 8.83. The molecule has 1 saturated carbocycles. The molecule has 1 aliphatic carbocycles. The molecule has 0 radical (unpaired) electrons. The van der Waals surface area contributed by atoms with Crippen molar-refractivity contribution in [3.63, 3.8) is 0 Å². The minimum absolute atomic E-state index is 0.0505. The van der Waals surface area contributed by atoms with Crippen LogP contribution in [0.25, 0.3) is 0 Å². The molecule has 3 rings (SSSR count). The highest BCUT2D eigenvalue weighted by Gasteiger charge is 2.36. The molecule has 1 fully saturated rings. The molecule has 1 aliphatic heterocycles. The van der Waals surface area contributed by atoms with Crippen molar-refractivity contribution in [3.8, 4) is 0 Å². The lowest BCUT2D eigenvalue weighted by Crippen LogP contribution is -2.34. The van der Waals surface area contributed by atoms with Crippen molar-refractivity contribution in [2.24, 2.45) is 5.92 Å². The number of amides is 1. The van der Waals surface area contributed by atoms with Gasteiger partial charge in [0.1, 0.15) is 0 Å². The van der Waals surface area contributed by atoms with Crippen LogP contribution in [0.2, 0.25) is 0 Å². The number of hydrogen-bond donors (Lipinski definition) is 1. The molecule has 20 heavy (non-hydrogen) atoms. The molecule has 1 unspecified atom stereocenters. The lowest BCUT2D eigenvalue weighted by Gasteiger charge is -2.27. The van der Waals surface area contributed by atoms with Gasteiger partial charge in [0.2, 0.25) is 5.91 Å². The maximum Gasteiger partial charge on any atom is 0.234 e. The first kappa shape index (κ1) is 13.9. The van der Waals surface area contributed by atoms with Gasteiger partial charge in [0.05, 0.1) is 5.92 Å². The number of nitrogens with zero attached hydrogens (tertiary/aromatic N) is 1. The number of nitrogen functional groups attached to an aromatic ring is 1. The molecule has 1 heterocycles. The average molecular weight is 337 g/mol. The Morgan fingerprint density at radius 3 is 2.70 bits per heavy atom. The summed E-state index contributed by atoms with van der Waals surface area (Å²) in [5, 5.41) is 0. The predicted octanol–water partition coefficient (Wildman–Crippen LogP) is 4.06. The van der Waals surface area contributed by atoms with Gasteiger partial charge in [-0.15, -0.1) is 0 Å². The zero-order valence-corrected chi connectivity index (χ0v) is 13.4. The topological polar surface area (TPSA) is 46.3 Å². The Kier molecular flexibility index (Phi) is 3.76. The molecule has 3 nitrogen and oxygen atoms in total. The molecule has 1 amide bonds. The van der Waals surface area contributed by atoms with E-state index in [9.17, 15) is 4.79 Å². The van der Waals surface area contributed by atoms with E-state index in [-0.39, 0.29) is 11.8 Å². The Labute approximate surface area is 128 Å². The van der Waals surface area contributed by atoms with Crippen LogP contribution in [0.4, 0.5) is 11.4 Å². The number of carbonyl (C=O) groups excluding carboxylic acids is 1. The monoisotopic (exact) mass is 336 g/mol. The first-order valence-electron chi connectivity index (χ1n) is 7.48. The van der Waals surface area contributed by atoms with E-state index in [0.29, 0.717) is 11.6 Å². The van der Waals surface area contributed by atoms with Gasteiger partial charge in [0.15, 0.2) is 0 Å². The predicted molar refractivity (Wildman–Crippen MR) is 85.9 cm³/mol. The van der Waals surface area contributed by atoms with Gasteiger partial charge in [-0.1, -0.05) is 19.3 Å². The van der Waals surface area contributed by atoms with E-state index in [1.54, 1.807) is 0 Å². The normalized spacial score (nSPS) is 23.2. The van der Waals surface area contributed by atoms with Crippen LogP contribution in [0.1, 0.15) is 50.5 Å². The molecular formula is C16H21BrN2O. The summed E-state index contributed by atoms with van der Waals surface area (Å²) >= 11 is 3.46. The van der Waals surface area contributed by atoms with Crippen LogP contribution >= 0.6 is 15.9 Å². The molecular weight excluding hydrogens is 316 g/mol. The minimum Gasteiger partial charge on any atom is -0.398 e. The van der Waals surface area contributed by atoms with E-state index in [1.165, 1.54) is 32.1 Å². The van der Waals surface area contributed by atoms with Gasteiger partial charge in [-0.25, -0.2) is 0 Å². The average Bonchev–Trinajstić information content (AvgIpc) is 2.66. The molecule has 1 aromatic rings. The quantitative estimate of drug-likeness (QED) is 0.827. The van der Waals surface area contributed by atoms with Crippen LogP contribution in [0.3, 0.4) is 0 Å². The molecule has 0 bridgehead atoms. The van der Waals surface area contributed by atoms with Crippen LogP contribution in [-0.4, -0.2) is 12.5 Å². The van der Waals surface area contributed by atoms with Crippen LogP contribution in [0.15, 0.2) is 16.6 Å². The van der Waals surface area contributed by atoms with Crippen LogP contribution in [-0.2, 0) is 4.79 Å². The molecule has 0 saturated heterocycles. The summed E-state index contributed by atoms with van der Waals surface area (Å²) in [7, 11) is 0. The fourth-order valence-electron chi connectivity index (χ4n) is 3.48. The number of fused-ring (bicyclic) bond motifs is 1. The number of hydrogen-bond acceptors (Lipinski definition) is 2. The molecule has 4 heteroatoms. The Morgan fingerprint density at radius 2 is 2.00 bits per heavy atom. The van der Waals surface area contributed by atoms with Gasteiger partial charge in [-0.2, -0.15) is 0 Å². The molecule has 1 atom stereocenters. The van der Waals surface area contributed by atoms with Crippen LogP contribution in [0, 0.1) is 5.92 Å². The van der Waals surface area contributed by atoms with E-state index < -0.39 is 0 Å². The first-order valence-corrected chi connectivity index (χ1v) is 8.27. The Bertz CT molecular complexity index is 538. The molecule has 2 aliphatic rings. The van der Waals surface area contributed by atoms with Crippen LogP contribution in [0.5, 0.6) is 0 Å². The van der Waals surface area contributed by atoms with Gasteiger partial charge in [-0.3, -0.25) is 4.79 Å². The van der Waals surface area contributed by atoms with Crippen molar-refractivity contribution in [3.05, 3.63) is 22.2 Å². The lowest BCUT2D eigenvalue weighted by atomic mass is 9.89. The van der Waals surface area contributed by atoms with E-state index in [2.05, 4.69) is 15.9 Å².